The molecule has 0 aliphatic heterocycles. The van der Waals surface area contributed by atoms with E-state index < -0.39 is 6.10 Å². The first-order valence-electron chi connectivity index (χ1n) is 5.82. The standard InChI is InChI=1S/C13H19NO3/c1-3-4-8-16-13(15)10(2)17-12-7-5-6-11(14)9-12/h5-7,9-10H,3-4,8,14H2,1-2H3/t10-/m0/s1. The summed E-state index contributed by atoms with van der Waals surface area (Å²) in [5.41, 5.74) is 6.22. The molecule has 4 nitrogen and oxygen atoms in total. The topological polar surface area (TPSA) is 61.5 Å². The fourth-order valence-electron chi connectivity index (χ4n) is 1.27. The highest BCUT2D eigenvalue weighted by molar-refractivity contribution is 5.74. The molecule has 1 rings (SSSR count). The average Bonchev–Trinajstić information content (AvgIpc) is 2.29. The van der Waals surface area contributed by atoms with E-state index in [1.165, 1.54) is 0 Å². The van der Waals surface area contributed by atoms with Gasteiger partial charge in [0.05, 0.1) is 6.61 Å². The van der Waals surface area contributed by atoms with E-state index in [4.69, 9.17) is 15.2 Å². The van der Waals surface area contributed by atoms with Crippen molar-refractivity contribution >= 4 is 11.7 Å². The van der Waals surface area contributed by atoms with E-state index in [1.54, 1.807) is 31.2 Å². The zero-order valence-electron chi connectivity index (χ0n) is 10.3. The van der Waals surface area contributed by atoms with Crippen molar-refractivity contribution in [3.8, 4) is 5.75 Å². The van der Waals surface area contributed by atoms with Gasteiger partial charge in [0.25, 0.3) is 0 Å². The lowest BCUT2D eigenvalue weighted by atomic mass is 10.3. The third-order valence-electron chi connectivity index (χ3n) is 2.25. The van der Waals surface area contributed by atoms with Crippen LogP contribution in [0.4, 0.5) is 5.69 Å². The lowest BCUT2D eigenvalue weighted by molar-refractivity contribution is -0.151. The van der Waals surface area contributed by atoms with Gasteiger partial charge in [0.15, 0.2) is 6.10 Å². The van der Waals surface area contributed by atoms with Crippen LogP contribution >= 0.6 is 0 Å². The first kappa shape index (κ1) is 13.4. The number of benzene rings is 1. The lowest BCUT2D eigenvalue weighted by Crippen LogP contribution is -2.26. The molecule has 0 radical (unpaired) electrons. The average molecular weight is 237 g/mol. The first-order valence-corrected chi connectivity index (χ1v) is 5.82. The van der Waals surface area contributed by atoms with Crippen LogP contribution in [-0.4, -0.2) is 18.7 Å². The Morgan fingerprint density at radius 3 is 2.88 bits per heavy atom. The van der Waals surface area contributed by atoms with E-state index in [-0.39, 0.29) is 5.97 Å². The summed E-state index contributed by atoms with van der Waals surface area (Å²) in [6, 6.07) is 6.97. The largest absolute Gasteiger partial charge is 0.479 e. The molecule has 0 aromatic heterocycles. The molecule has 17 heavy (non-hydrogen) atoms. The van der Waals surface area contributed by atoms with Crippen LogP contribution in [0.3, 0.4) is 0 Å². The number of ether oxygens (including phenoxy) is 2. The van der Waals surface area contributed by atoms with Crippen molar-refractivity contribution in [1.29, 1.82) is 0 Å². The molecule has 0 bridgehead atoms. The first-order chi connectivity index (χ1) is 8.13. The van der Waals surface area contributed by atoms with Crippen LogP contribution in [-0.2, 0) is 9.53 Å². The predicted molar refractivity (Wildman–Crippen MR) is 66.8 cm³/mol. The predicted octanol–water partition coefficient (Wildman–Crippen LogP) is 2.38. The van der Waals surface area contributed by atoms with E-state index in [2.05, 4.69) is 0 Å². The zero-order chi connectivity index (χ0) is 12.7. The van der Waals surface area contributed by atoms with Crippen molar-refractivity contribution in [2.45, 2.75) is 32.8 Å². The molecule has 1 aromatic rings. The maximum atomic E-state index is 11.5. The Morgan fingerprint density at radius 2 is 2.24 bits per heavy atom. The number of esters is 1. The number of rotatable bonds is 6. The second-order valence-corrected chi connectivity index (χ2v) is 3.85. The molecular weight excluding hydrogens is 218 g/mol. The summed E-state index contributed by atoms with van der Waals surface area (Å²) in [4.78, 5) is 11.5. The van der Waals surface area contributed by atoms with Crippen molar-refractivity contribution in [3.05, 3.63) is 24.3 Å². The maximum absolute atomic E-state index is 11.5. The number of carbonyl (C=O) groups excluding carboxylic acids is 1. The molecule has 0 fully saturated rings. The number of carbonyl (C=O) groups is 1. The van der Waals surface area contributed by atoms with Gasteiger partial charge in [-0.2, -0.15) is 0 Å². The van der Waals surface area contributed by atoms with Crippen LogP contribution < -0.4 is 10.5 Å². The Hall–Kier alpha value is -1.71. The van der Waals surface area contributed by atoms with Crippen LogP contribution in [0.1, 0.15) is 26.7 Å². The minimum atomic E-state index is -0.617. The molecule has 4 heteroatoms. The van der Waals surface area contributed by atoms with Crippen LogP contribution in [0.5, 0.6) is 5.75 Å². The fourth-order valence-corrected chi connectivity index (χ4v) is 1.27. The number of hydrogen-bond donors (Lipinski definition) is 1. The molecule has 0 aliphatic rings. The molecule has 0 saturated heterocycles. The third kappa shape index (κ3) is 4.76. The van der Waals surface area contributed by atoms with Gasteiger partial charge in [-0.3, -0.25) is 0 Å². The highest BCUT2D eigenvalue weighted by atomic mass is 16.6. The van der Waals surface area contributed by atoms with E-state index >= 15 is 0 Å². The summed E-state index contributed by atoms with van der Waals surface area (Å²) in [6.45, 7) is 4.15. The maximum Gasteiger partial charge on any atom is 0.347 e. The minimum absolute atomic E-state index is 0.346. The Morgan fingerprint density at radius 1 is 1.47 bits per heavy atom. The molecule has 0 unspecified atom stereocenters. The molecule has 0 aliphatic carbocycles. The molecule has 1 aromatic carbocycles. The zero-order valence-corrected chi connectivity index (χ0v) is 10.3. The van der Waals surface area contributed by atoms with Crippen molar-refractivity contribution in [1.82, 2.24) is 0 Å². The number of anilines is 1. The Bertz CT molecular complexity index is 365. The smallest absolute Gasteiger partial charge is 0.347 e. The molecule has 1 atom stereocenters. The molecule has 0 spiro atoms. The van der Waals surface area contributed by atoms with Gasteiger partial charge in [0.2, 0.25) is 0 Å². The van der Waals surface area contributed by atoms with Crippen molar-refractivity contribution in [3.63, 3.8) is 0 Å². The van der Waals surface area contributed by atoms with Gasteiger partial charge in [0, 0.05) is 11.8 Å². The summed E-state index contributed by atoms with van der Waals surface area (Å²) in [6.07, 6.45) is 1.25. The highest BCUT2D eigenvalue weighted by Gasteiger charge is 2.15. The van der Waals surface area contributed by atoms with Gasteiger partial charge in [-0.05, 0) is 25.5 Å². The summed E-state index contributed by atoms with van der Waals surface area (Å²) in [7, 11) is 0. The van der Waals surface area contributed by atoms with Crippen LogP contribution in [0.2, 0.25) is 0 Å². The van der Waals surface area contributed by atoms with Crippen molar-refractivity contribution in [2.24, 2.45) is 0 Å². The Balaban J connectivity index is 2.43. The molecule has 0 amide bonds. The van der Waals surface area contributed by atoms with Gasteiger partial charge in [-0.15, -0.1) is 0 Å². The van der Waals surface area contributed by atoms with Gasteiger partial charge in [-0.25, -0.2) is 4.79 Å². The van der Waals surface area contributed by atoms with Crippen LogP contribution in [0.15, 0.2) is 24.3 Å². The summed E-state index contributed by atoms with van der Waals surface area (Å²) < 4.78 is 10.5. The third-order valence-corrected chi connectivity index (χ3v) is 2.25. The second-order valence-electron chi connectivity index (χ2n) is 3.85. The second kappa shape index (κ2) is 6.78. The Labute approximate surface area is 102 Å². The van der Waals surface area contributed by atoms with Crippen molar-refractivity contribution in [2.75, 3.05) is 12.3 Å². The Kier molecular flexibility index (Phi) is 5.33. The van der Waals surface area contributed by atoms with E-state index in [0.717, 1.165) is 12.8 Å². The van der Waals surface area contributed by atoms with Gasteiger partial charge >= 0.3 is 5.97 Å². The number of hydrogen-bond acceptors (Lipinski definition) is 4. The van der Waals surface area contributed by atoms with E-state index in [0.29, 0.717) is 18.0 Å². The monoisotopic (exact) mass is 237 g/mol. The van der Waals surface area contributed by atoms with Gasteiger partial charge < -0.3 is 15.2 Å². The normalized spacial score (nSPS) is 11.9. The molecular formula is C13H19NO3. The van der Waals surface area contributed by atoms with Crippen LogP contribution in [0.25, 0.3) is 0 Å². The number of nitrogens with two attached hydrogens (primary N) is 1. The molecule has 0 heterocycles. The number of nitrogen functional groups attached to an aromatic ring is 1. The van der Waals surface area contributed by atoms with Crippen molar-refractivity contribution < 1.29 is 14.3 Å². The fraction of sp³-hybridized carbons (Fsp3) is 0.462. The van der Waals surface area contributed by atoms with Gasteiger partial charge in [0.1, 0.15) is 5.75 Å². The van der Waals surface area contributed by atoms with Crippen LogP contribution in [0, 0.1) is 0 Å². The molecule has 0 saturated carbocycles. The van der Waals surface area contributed by atoms with E-state index in [9.17, 15) is 4.79 Å². The van der Waals surface area contributed by atoms with Gasteiger partial charge in [-0.1, -0.05) is 19.4 Å². The molecule has 94 valence electrons. The summed E-state index contributed by atoms with van der Waals surface area (Å²) in [5.74, 6) is 0.228. The molecule has 2 N–H and O–H groups in total. The number of unbranched alkanes of at least 4 members (excludes halogenated alkanes) is 1. The minimum Gasteiger partial charge on any atom is -0.479 e. The summed E-state index contributed by atoms with van der Waals surface area (Å²) >= 11 is 0. The quantitative estimate of drug-likeness (QED) is 0.469. The summed E-state index contributed by atoms with van der Waals surface area (Å²) in [5, 5.41) is 0. The lowest BCUT2D eigenvalue weighted by Gasteiger charge is -2.14. The highest BCUT2D eigenvalue weighted by Crippen LogP contribution is 2.16. The van der Waals surface area contributed by atoms with E-state index in [1.807, 2.05) is 6.92 Å². The SMILES string of the molecule is CCCCOC(=O)[C@H](C)Oc1cccc(N)c1.